The predicted molar refractivity (Wildman–Crippen MR) is 81.8 cm³/mol. The molecule has 0 aliphatic carbocycles. The van der Waals surface area contributed by atoms with E-state index in [0.29, 0.717) is 29.5 Å². The van der Waals surface area contributed by atoms with Gasteiger partial charge in [-0.1, -0.05) is 6.92 Å². The number of hydrogen-bond donors (Lipinski definition) is 1. The molecule has 1 fully saturated rings. The summed E-state index contributed by atoms with van der Waals surface area (Å²) in [6, 6.07) is 5.36. The molecule has 0 radical (unpaired) electrons. The van der Waals surface area contributed by atoms with E-state index in [2.05, 4.69) is 6.92 Å². The molecule has 0 spiro atoms. The summed E-state index contributed by atoms with van der Waals surface area (Å²) in [7, 11) is 3.16. The number of ether oxygens (including phenoxy) is 2. The third-order valence-electron chi connectivity index (χ3n) is 4.11. The molecule has 1 aliphatic rings. The Kier molecular flexibility index (Phi) is 5.07. The van der Waals surface area contributed by atoms with Crippen molar-refractivity contribution in [3.63, 3.8) is 0 Å². The van der Waals surface area contributed by atoms with Crippen LogP contribution in [0, 0.1) is 5.92 Å². The summed E-state index contributed by atoms with van der Waals surface area (Å²) in [4.78, 5) is 14.7. The molecule has 1 aliphatic heterocycles. The van der Waals surface area contributed by atoms with Gasteiger partial charge in [0.2, 0.25) is 0 Å². The number of nitrogens with zero attached hydrogens (tertiary/aromatic N) is 1. The minimum atomic E-state index is -0.00505. The highest BCUT2D eigenvalue weighted by molar-refractivity contribution is 5.95. The molecule has 0 aromatic heterocycles. The number of hydrogen-bond acceptors (Lipinski definition) is 4. The summed E-state index contributed by atoms with van der Waals surface area (Å²) in [5, 5.41) is 0. The van der Waals surface area contributed by atoms with Crippen LogP contribution >= 0.6 is 0 Å². The molecule has 2 unspecified atom stereocenters. The smallest absolute Gasteiger partial charge is 0.254 e. The highest BCUT2D eigenvalue weighted by atomic mass is 16.5. The summed E-state index contributed by atoms with van der Waals surface area (Å²) in [6.07, 6.45) is 1.98. The summed E-state index contributed by atoms with van der Waals surface area (Å²) in [6.45, 7) is 3.46. The van der Waals surface area contributed by atoms with Gasteiger partial charge in [-0.15, -0.1) is 0 Å². The molecule has 2 N–H and O–H groups in total. The second kappa shape index (κ2) is 6.80. The van der Waals surface area contributed by atoms with Crippen molar-refractivity contribution in [1.29, 1.82) is 0 Å². The van der Waals surface area contributed by atoms with E-state index < -0.39 is 0 Å². The second-order valence-corrected chi connectivity index (χ2v) is 5.62. The van der Waals surface area contributed by atoms with E-state index in [-0.39, 0.29) is 11.9 Å². The van der Waals surface area contributed by atoms with E-state index in [1.165, 1.54) is 0 Å². The van der Waals surface area contributed by atoms with Crippen LogP contribution in [0.25, 0.3) is 0 Å². The fourth-order valence-electron chi connectivity index (χ4n) is 2.84. The van der Waals surface area contributed by atoms with Crippen LogP contribution in [0.1, 0.15) is 30.1 Å². The summed E-state index contributed by atoms with van der Waals surface area (Å²) >= 11 is 0. The van der Waals surface area contributed by atoms with E-state index in [0.717, 1.165) is 19.4 Å². The van der Waals surface area contributed by atoms with Crippen molar-refractivity contribution >= 4 is 5.91 Å². The number of rotatable bonds is 4. The largest absolute Gasteiger partial charge is 0.497 e. The number of carbonyl (C=O) groups excluding carboxylic acids is 1. The number of piperidine rings is 1. The average molecular weight is 292 g/mol. The maximum absolute atomic E-state index is 12.8. The molecule has 1 aromatic carbocycles. The molecule has 2 atom stereocenters. The van der Waals surface area contributed by atoms with Gasteiger partial charge in [-0.3, -0.25) is 4.79 Å². The van der Waals surface area contributed by atoms with Crippen LogP contribution in [0.15, 0.2) is 18.2 Å². The number of amides is 1. The van der Waals surface area contributed by atoms with E-state index >= 15 is 0 Å². The van der Waals surface area contributed by atoms with Gasteiger partial charge in [-0.05, 0) is 30.9 Å². The van der Waals surface area contributed by atoms with Gasteiger partial charge in [-0.25, -0.2) is 0 Å². The number of carbonyl (C=O) groups is 1. The molecule has 1 heterocycles. The van der Waals surface area contributed by atoms with Gasteiger partial charge in [0.05, 0.1) is 14.2 Å². The van der Waals surface area contributed by atoms with Gasteiger partial charge < -0.3 is 20.1 Å². The Morgan fingerprint density at radius 3 is 2.43 bits per heavy atom. The zero-order valence-electron chi connectivity index (χ0n) is 13.0. The highest BCUT2D eigenvalue weighted by Gasteiger charge is 2.29. The maximum Gasteiger partial charge on any atom is 0.254 e. The lowest BCUT2D eigenvalue weighted by atomic mass is 9.92. The van der Waals surface area contributed by atoms with Gasteiger partial charge in [0.25, 0.3) is 5.91 Å². The van der Waals surface area contributed by atoms with Crippen LogP contribution in [0.3, 0.4) is 0 Å². The fourth-order valence-corrected chi connectivity index (χ4v) is 2.84. The molecule has 0 bridgehead atoms. The molecule has 1 saturated heterocycles. The summed E-state index contributed by atoms with van der Waals surface area (Å²) in [5.41, 5.74) is 6.42. The molecule has 5 nitrogen and oxygen atoms in total. The zero-order valence-corrected chi connectivity index (χ0v) is 13.0. The van der Waals surface area contributed by atoms with Gasteiger partial charge in [0, 0.05) is 30.8 Å². The average Bonchev–Trinajstić information content (AvgIpc) is 2.53. The van der Waals surface area contributed by atoms with Crippen LogP contribution in [-0.4, -0.2) is 44.2 Å². The lowest BCUT2D eigenvalue weighted by molar-refractivity contribution is 0.0573. The van der Waals surface area contributed by atoms with Gasteiger partial charge in [0.1, 0.15) is 11.5 Å². The standard InChI is InChI=1S/C16H24N2O3/c1-11-4-5-18(13(6-11)10-17)16(19)12-7-14(20-2)9-15(8-12)21-3/h7-9,11,13H,4-6,10,17H2,1-3H3. The topological polar surface area (TPSA) is 64.8 Å². The molecule has 116 valence electrons. The van der Waals surface area contributed by atoms with Crippen molar-refractivity contribution in [2.45, 2.75) is 25.8 Å². The predicted octanol–water partition coefficient (Wildman–Crippen LogP) is 1.90. The zero-order chi connectivity index (χ0) is 15.4. The van der Waals surface area contributed by atoms with E-state index in [4.69, 9.17) is 15.2 Å². The Labute approximate surface area is 126 Å². The highest BCUT2D eigenvalue weighted by Crippen LogP contribution is 2.27. The van der Waals surface area contributed by atoms with E-state index in [9.17, 15) is 4.79 Å². The first-order valence-electron chi connectivity index (χ1n) is 7.33. The first-order chi connectivity index (χ1) is 10.1. The molecule has 2 rings (SSSR count). The van der Waals surface area contributed by atoms with Crippen LogP contribution in [0.2, 0.25) is 0 Å². The second-order valence-electron chi connectivity index (χ2n) is 5.62. The van der Waals surface area contributed by atoms with Crippen molar-refractivity contribution in [1.82, 2.24) is 4.90 Å². The monoisotopic (exact) mass is 292 g/mol. The van der Waals surface area contributed by atoms with Gasteiger partial charge in [0.15, 0.2) is 0 Å². The lowest BCUT2D eigenvalue weighted by Gasteiger charge is -2.38. The Balaban J connectivity index is 2.26. The molecule has 1 aromatic rings. The van der Waals surface area contributed by atoms with Crippen molar-refractivity contribution in [3.05, 3.63) is 23.8 Å². The Bertz CT molecular complexity index is 482. The van der Waals surface area contributed by atoms with Gasteiger partial charge in [-0.2, -0.15) is 0 Å². The first kappa shape index (κ1) is 15.6. The molecular formula is C16H24N2O3. The molecule has 5 heteroatoms. The minimum absolute atomic E-state index is 0.00505. The van der Waals surface area contributed by atoms with Crippen molar-refractivity contribution < 1.29 is 14.3 Å². The van der Waals surface area contributed by atoms with Crippen LogP contribution in [0.5, 0.6) is 11.5 Å². The van der Waals surface area contributed by atoms with Crippen molar-refractivity contribution in [2.75, 3.05) is 27.3 Å². The van der Waals surface area contributed by atoms with Crippen molar-refractivity contribution in [3.8, 4) is 11.5 Å². The molecule has 0 saturated carbocycles. The lowest BCUT2D eigenvalue weighted by Crippen LogP contribution is -2.49. The van der Waals surface area contributed by atoms with Crippen LogP contribution in [0.4, 0.5) is 0 Å². The van der Waals surface area contributed by atoms with Crippen LogP contribution < -0.4 is 15.2 Å². The third-order valence-corrected chi connectivity index (χ3v) is 4.11. The molecule has 1 amide bonds. The van der Waals surface area contributed by atoms with E-state index in [1.54, 1.807) is 32.4 Å². The number of likely N-dealkylation sites (tertiary alicyclic amines) is 1. The summed E-state index contributed by atoms with van der Waals surface area (Å²) < 4.78 is 10.5. The molecule has 21 heavy (non-hydrogen) atoms. The Morgan fingerprint density at radius 2 is 1.90 bits per heavy atom. The van der Waals surface area contributed by atoms with Crippen molar-refractivity contribution in [2.24, 2.45) is 11.7 Å². The van der Waals surface area contributed by atoms with E-state index in [1.807, 2.05) is 4.90 Å². The number of benzene rings is 1. The fraction of sp³-hybridized carbons (Fsp3) is 0.562. The third kappa shape index (κ3) is 3.47. The maximum atomic E-state index is 12.8. The Hall–Kier alpha value is -1.75. The van der Waals surface area contributed by atoms with Gasteiger partial charge >= 0.3 is 0 Å². The quantitative estimate of drug-likeness (QED) is 0.920. The summed E-state index contributed by atoms with van der Waals surface area (Å²) in [5.74, 6) is 1.84. The SMILES string of the molecule is COc1cc(OC)cc(C(=O)N2CCC(C)CC2CN)c1. The minimum Gasteiger partial charge on any atom is -0.497 e. The number of methoxy groups -OCH3 is 2. The Morgan fingerprint density at radius 1 is 1.29 bits per heavy atom. The number of nitrogens with two attached hydrogens (primary N) is 1. The first-order valence-corrected chi connectivity index (χ1v) is 7.33. The normalized spacial score (nSPS) is 22.0. The van der Waals surface area contributed by atoms with Crippen LogP contribution in [-0.2, 0) is 0 Å². The molecular weight excluding hydrogens is 268 g/mol.